The summed E-state index contributed by atoms with van der Waals surface area (Å²) < 4.78 is 2.20. The van der Waals surface area contributed by atoms with Gasteiger partial charge < -0.3 is 5.11 Å². The van der Waals surface area contributed by atoms with Crippen LogP contribution in [0.5, 0.6) is 0 Å². The molecule has 1 N–H and O–H groups in total. The van der Waals surface area contributed by atoms with Gasteiger partial charge in [0.25, 0.3) is 0 Å². The predicted molar refractivity (Wildman–Crippen MR) is 84.0 cm³/mol. The fraction of sp³-hybridized carbons (Fsp3) is 0. The van der Waals surface area contributed by atoms with E-state index in [0.29, 0.717) is 11.2 Å². The van der Waals surface area contributed by atoms with Gasteiger partial charge in [0.05, 0.1) is 10.4 Å². The number of carbonyl (C=O) groups is 1. The standard InChI is InChI=1S/C16H10N2O2S/c19-16(20)18-12-7-3-2-6-11(12)15(17-18)14-9-10-5-1-4-8-13(10)21-14/h1-9H,(H,19,20). The minimum Gasteiger partial charge on any atom is -0.463 e. The molecule has 0 saturated heterocycles. The largest absolute Gasteiger partial charge is 0.463 e. The summed E-state index contributed by atoms with van der Waals surface area (Å²) in [5.41, 5.74) is 1.33. The summed E-state index contributed by atoms with van der Waals surface area (Å²) in [6.07, 6.45) is -1.07. The van der Waals surface area contributed by atoms with E-state index in [4.69, 9.17) is 0 Å². The lowest BCUT2D eigenvalue weighted by Crippen LogP contribution is -2.09. The van der Waals surface area contributed by atoms with Gasteiger partial charge in [0.2, 0.25) is 0 Å². The Kier molecular flexibility index (Phi) is 2.55. The van der Waals surface area contributed by atoms with Gasteiger partial charge in [-0.3, -0.25) is 0 Å². The third-order valence-corrected chi connectivity index (χ3v) is 4.55. The zero-order valence-electron chi connectivity index (χ0n) is 10.9. The Morgan fingerprint density at radius 3 is 2.67 bits per heavy atom. The van der Waals surface area contributed by atoms with Crippen molar-refractivity contribution in [3.8, 4) is 10.6 Å². The molecule has 4 aromatic rings. The summed E-state index contributed by atoms with van der Waals surface area (Å²) in [6, 6.07) is 17.5. The lowest BCUT2D eigenvalue weighted by Gasteiger charge is -1.92. The van der Waals surface area contributed by atoms with E-state index < -0.39 is 6.09 Å². The van der Waals surface area contributed by atoms with Gasteiger partial charge in [-0.25, -0.2) is 4.79 Å². The minimum absolute atomic E-state index is 0.609. The highest BCUT2D eigenvalue weighted by Crippen LogP contribution is 2.36. The number of thiophene rings is 1. The monoisotopic (exact) mass is 294 g/mol. The quantitative estimate of drug-likeness (QED) is 0.564. The Labute approximate surface area is 123 Å². The Bertz CT molecular complexity index is 951. The third kappa shape index (κ3) is 1.82. The molecule has 5 heteroatoms. The summed E-state index contributed by atoms with van der Waals surface area (Å²) in [5, 5.41) is 15.6. The smallest absolute Gasteiger partial charge is 0.432 e. The van der Waals surface area contributed by atoms with E-state index in [0.717, 1.165) is 20.3 Å². The maximum atomic E-state index is 11.3. The molecule has 4 rings (SSSR count). The van der Waals surface area contributed by atoms with Crippen LogP contribution in [0.2, 0.25) is 0 Å². The molecule has 0 atom stereocenters. The second-order valence-corrected chi connectivity index (χ2v) is 5.79. The van der Waals surface area contributed by atoms with Gasteiger partial charge >= 0.3 is 6.09 Å². The van der Waals surface area contributed by atoms with Crippen molar-refractivity contribution in [3.05, 3.63) is 54.6 Å². The lowest BCUT2D eigenvalue weighted by atomic mass is 10.2. The summed E-state index contributed by atoms with van der Waals surface area (Å²) >= 11 is 1.62. The first-order chi connectivity index (χ1) is 10.2. The number of rotatable bonds is 1. The summed E-state index contributed by atoms with van der Waals surface area (Å²) in [6.45, 7) is 0. The first kappa shape index (κ1) is 12.1. The zero-order valence-corrected chi connectivity index (χ0v) is 11.7. The third-order valence-electron chi connectivity index (χ3n) is 3.43. The number of nitrogens with zero attached hydrogens (tertiary/aromatic N) is 2. The number of benzene rings is 2. The first-order valence-corrected chi connectivity index (χ1v) is 7.26. The van der Waals surface area contributed by atoms with Crippen LogP contribution >= 0.6 is 11.3 Å². The Balaban J connectivity index is 2.03. The molecule has 0 saturated carbocycles. The number of aromatic nitrogens is 2. The predicted octanol–water partition coefficient (Wildman–Crippen LogP) is 4.44. The highest BCUT2D eigenvalue weighted by Gasteiger charge is 2.17. The Morgan fingerprint density at radius 1 is 1.10 bits per heavy atom. The van der Waals surface area contributed by atoms with Crippen LogP contribution in [0, 0.1) is 0 Å². The number of hydrogen-bond acceptors (Lipinski definition) is 3. The molecule has 2 heterocycles. The van der Waals surface area contributed by atoms with E-state index in [1.165, 1.54) is 4.70 Å². The van der Waals surface area contributed by atoms with Crippen LogP contribution in [0.1, 0.15) is 0 Å². The van der Waals surface area contributed by atoms with Crippen molar-refractivity contribution in [2.45, 2.75) is 0 Å². The molecule has 0 spiro atoms. The number of fused-ring (bicyclic) bond motifs is 2. The highest BCUT2D eigenvalue weighted by molar-refractivity contribution is 7.22. The molecule has 102 valence electrons. The van der Waals surface area contributed by atoms with Gasteiger partial charge in [0, 0.05) is 10.1 Å². The lowest BCUT2D eigenvalue weighted by molar-refractivity contribution is 0.194. The zero-order chi connectivity index (χ0) is 14.4. The molecule has 4 nitrogen and oxygen atoms in total. The van der Waals surface area contributed by atoms with Crippen LogP contribution in [0.3, 0.4) is 0 Å². The van der Waals surface area contributed by atoms with Gasteiger partial charge in [-0.15, -0.1) is 11.3 Å². The van der Waals surface area contributed by atoms with Crippen molar-refractivity contribution in [2.75, 3.05) is 0 Å². The average molecular weight is 294 g/mol. The maximum Gasteiger partial charge on any atom is 0.432 e. The van der Waals surface area contributed by atoms with Crippen molar-refractivity contribution in [1.29, 1.82) is 0 Å². The van der Waals surface area contributed by atoms with E-state index in [-0.39, 0.29) is 0 Å². The van der Waals surface area contributed by atoms with Gasteiger partial charge in [0.15, 0.2) is 0 Å². The first-order valence-electron chi connectivity index (χ1n) is 6.44. The fourth-order valence-electron chi connectivity index (χ4n) is 2.49. The molecule has 0 radical (unpaired) electrons. The van der Waals surface area contributed by atoms with E-state index in [1.54, 1.807) is 17.4 Å². The molecule has 0 aliphatic rings. The van der Waals surface area contributed by atoms with Crippen LogP contribution in [0.4, 0.5) is 4.79 Å². The second-order valence-electron chi connectivity index (χ2n) is 4.71. The van der Waals surface area contributed by atoms with Crippen LogP contribution in [0.15, 0.2) is 54.6 Å². The molecule has 0 aliphatic carbocycles. The summed E-state index contributed by atoms with van der Waals surface area (Å²) in [5.74, 6) is 0. The van der Waals surface area contributed by atoms with Gasteiger partial charge in [-0.2, -0.15) is 9.78 Å². The number of hydrogen-bond donors (Lipinski definition) is 1. The molecule has 21 heavy (non-hydrogen) atoms. The molecule has 0 bridgehead atoms. The van der Waals surface area contributed by atoms with Crippen molar-refractivity contribution in [1.82, 2.24) is 9.78 Å². The van der Waals surface area contributed by atoms with E-state index in [1.807, 2.05) is 36.4 Å². The normalized spacial score (nSPS) is 11.2. The van der Waals surface area contributed by atoms with Crippen molar-refractivity contribution >= 4 is 38.4 Å². The molecular weight excluding hydrogens is 284 g/mol. The Morgan fingerprint density at radius 2 is 1.86 bits per heavy atom. The van der Waals surface area contributed by atoms with Crippen LogP contribution < -0.4 is 0 Å². The summed E-state index contributed by atoms with van der Waals surface area (Å²) in [4.78, 5) is 12.3. The number of carboxylic acid groups (broad SMARTS) is 1. The average Bonchev–Trinajstić information content (AvgIpc) is 3.08. The molecule has 0 fully saturated rings. The molecule has 2 aromatic carbocycles. The molecule has 0 unspecified atom stereocenters. The highest BCUT2D eigenvalue weighted by atomic mass is 32.1. The maximum absolute atomic E-state index is 11.3. The summed E-state index contributed by atoms with van der Waals surface area (Å²) in [7, 11) is 0. The van der Waals surface area contributed by atoms with Crippen molar-refractivity contribution in [2.24, 2.45) is 0 Å². The molecule has 0 amide bonds. The Hall–Kier alpha value is -2.66. The van der Waals surface area contributed by atoms with E-state index in [2.05, 4.69) is 17.2 Å². The molecule has 0 aliphatic heterocycles. The fourth-order valence-corrected chi connectivity index (χ4v) is 3.55. The number of para-hydroxylation sites is 1. The van der Waals surface area contributed by atoms with E-state index in [9.17, 15) is 9.90 Å². The second kappa shape index (κ2) is 4.43. The van der Waals surface area contributed by atoms with Crippen LogP contribution in [-0.2, 0) is 0 Å². The van der Waals surface area contributed by atoms with Gasteiger partial charge in [-0.1, -0.05) is 36.4 Å². The van der Waals surface area contributed by atoms with Crippen LogP contribution in [-0.4, -0.2) is 21.0 Å². The van der Waals surface area contributed by atoms with Crippen molar-refractivity contribution in [3.63, 3.8) is 0 Å². The molecule has 2 aromatic heterocycles. The van der Waals surface area contributed by atoms with Crippen molar-refractivity contribution < 1.29 is 9.90 Å². The van der Waals surface area contributed by atoms with Crippen LogP contribution in [0.25, 0.3) is 31.6 Å². The van der Waals surface area contributed by atoms with Gasteiger partial charge in [0.1, 0.15) is 5.69 Å². The van der Waals surface area contributed by atoms with E-state index >= 15 is 0 Å². The van der Waals surface area contributed by atoms with Gasteiger partial charge in [-0.05, 0) is 23.6 Å². The SMILES string of the molecule is O=C(O)n1nc(-c2cc3ccccc3s2)c2ccccc21. The minimum atomic E-state index is -1.07. The molecular formula is C16H10N2O2S. The topological polar surface area (TPSA) is 55.1 Å².